The van der Waals surface area contributed by atoms with Crippen molar-refractivity contribution in [1.82, 2.24) is 9.80 Å². The highest BCUT2D eigenvalue weighted by Crippen LogP contribution is 2.39. The Morgan fingerprint density at radius 2 is 2.22 bits per heavy atom. The molecule has 2 aliphatic rings. The molecule has 2 heterocycles. The summed E-state index contributed by atoms with van der Waals surface area (Å²) in [6.07, 6.45) is 5.23. The fraction of sp³-hybridized carbons (Fsp3) is 1.00. The normalized spacial score (nSPS) is 34.8. The molecule has 4 nitrogen and oxygen atoms in total. The first-order valence-corrected chi connectivity index (χ1v) is 7.31. The highest BCUT2D eigenvalue weighted by atomic mass is 16.5. The predicted molar refractivity (Wildman–Crippen MR) is 74.7 cm³/mol. The average Bonchev–Trinajstić information content (AvgIpc) is 2.78. The molecule has 0 bridgehead atoms. The number of nitrogens with two attached hydrogens (primary N) is 1. The summed E-state index contributed by atoms with van der Waals surface area (Å²) in [6, 6.07) is 1.08. The van der Waals surface area contributed by atoms with Crippen LogP contribution in [-0.4, -0.2) is 67.8 Å². The van der Waals surface area contributed by atoms with Crippen LogP contribution in [0.5, 0.6) is 0 Å². The Morgan fingerprint density at radius 1 is 1.44 bits per heavy atom. The van der Waals surface area contributed by atoms with Crippen LogP contribution in [0.3, 0.4) is 0 Å². The monoisotopic (exact) mass is 255 g/mol. The van der Waals surface area contributed by atoms with Gasteiger partial charge in [-0.1, -0.05) is 6.42 Å². The van der Waals surface area contributed by atoms with Crippen molar-refractivity contribution < 1.29 is 4.74 Å². The highest BCUT2D eigenvalue weighted by Gasteiger charge is 2.50. The fourth-order valence-corrected chi connectivity index (χ4v) is 3.96. The van der Waals surface area contributed by atoms with Crippen molar-refractivity contribution in [3.05, 3.63) is 0 Å². The second kappa shape index (κ2) is 5.87. The van der Waals surface area contributed by atoms with Crippen molar-refractivity contribution in [2.24, 2.45) is 5.73 Å². The topological polar surface area (TPSA) is 41.7 Å². The lowest BCUT2D eigenvalue weighted by Crippen LogP contribution is -2.63. The van der Waals surface area contributed by atoms with Crippen molar-refractivity contribution in [3.8, 4) is 0 Å². The molecular weight excluding hydrogens is 226 g/mol. The number of ether oxygens (including phenoxy) is 1. The van der Waals surface area contributed by atoms with Crippen LogP contribution in [0.15, 0.2) is 0 Å². The Labute approximate surface area is 111 Å². The molecule has 0 aromatic carbocycles. The van der Waals surface area contributed by atoms with E-state index in [0.717, 1.165) is 13.2 Å². The lowest BCUT2D eigenvalue weighted by Gasteiger charge is -2.48. The number of nitrogens with zero attached hydrogens (tertiary/aromatic N) is 2. The van der Waals surface area contributed by atoms with Crippen LogP contribution >= 0.6 is 0 Å². The van der Waals surface area contributed by atoms with Gasteiger partial charge in [-0.3, -0.25) is 9.80 Å². The average molecular weight is 255 g/mol. The van der Waals surface area contributed by atoms with Crippen molar-refractivity contribution in [2.45, 2.75) is 50.2 Å². The Hall–Kier alpha value is -0.160. The first kappa shape index (κ1) is 14.3. The van der Waals surface area contributed by atoms with Crippen LogP contribution in [-0.2, 0) is 4.74 Å². The van der Waals surface area contributed by atoms with Crippen LogP contribution in [0, 0.1) is 0 Å². The Bertz CT molecular complexity index is 274. The molecule has 2 N–H and O–H groups in total. The quantitative estimate of drug-likeness (QED) is 0.793. The third-order valence-corrected chi connectivity index (χ3v) is 5.19. The van der Waals surface area contributed by atoms with Gasteiger partial charge >= 0.3 is 0 Å². The third-order valence-electron chi connectivity index (χ3n) is 5.19. The van der Waals surface area contributed by atoms with Gasteiger partial charge in [-0.15, -0.1) is 0 Å². The maximum absolute atomic E-state index is 6.20. The van der Waals surface area contributed by atoms with E-state index in [9.17, 15) is 0 Å². The van der Waals surface area contributed by atoms with Crippen molar-refractivity contribution in [1.29, 1.82) is 0 Å². The van der Waals surface area contributed by atoms with Gasteiger partial charge in [0.1, 0.15) is 0 Å². The molecule has 0 spiro atoms. The van der Waals surface area contributed by atoms with Crippen LogP contribution in [0.1, 0.15) is 32.6 Å². The van der Waals surface area contributed by atoms with Gasteiger partial charge < -0.3 is 10.5 Å². The molecule has 3 unspecified atom stereocenters. The molecule has 0 aromatic rings. The van der Waals surface area contributed by atoms with E-state index in [1.54, 1.807) is 7.11 Å². The molecule has 18 heavy (non-hydrogen) atoms. The van der Waals surface area contributed by atoms with Crippen LogP contribution in [0.25, 0.3) is 0 Å². The second-order valence-corrected chi connectivity index (χ2v) is 6.02. The van der Waals surface area contributed by atoms with Gasteiger partial charge in [0.25, 0.3) is 0 Å². The predicted octanol–water partition coefficient (Wildman–Crippen LogP) is 0.909. The summed E-state index contributed by atoms with van der Waals surface area (Å²) in [5.74, 6) is 0. The van der Waals surface area contributed by atoms with E-state index >= 15 is 0 Å². The van der Waals surface area contributed by atoms with Gasteiger partial charge in [0.05, 0.1) is 6.61 Å². The summed E-state index contributed by atoms with van der Waals surface area (Å²) in [7, 11) is 4.01. The lowest BCUT2D eigenvalue weighted by molar-refractivity contribution is 0.00595. The van der Waals surface area contributed by atoms with Gasteiger partial charge in [0.2, 0.25) is 0 Å². The molecule has 2 aliphatic heterocycles. The summed E-state index contributed by atoms with van der Waals surface area (Å²) >= 11 is 0. The number of methoxy groups -OCH3 is 1. The number of hydrogen-bond acceptors (Lipinski definition) is 4. The Morgan fingerprint density at radius 3 is 2.89 bits per heavy atom. The van der Waals surface area contributed by atoms with Gasteiger partial charge in [-0.2, -0.15) is 0 Å². The van der Waals surface area contributed by atoms with E-state index < -0.39 is 0 Å². The standard InChI is InChI=1S/C14H29N3O/c1-12(10-18-3)16(2)14(11-15)7-9-17-8-5-4-6-13(14)17/h12-13H,4-11,15H2,1-3H3. The van der Waals surface area contributed by atoms with Gasteiger partial charge in [-0.05, 0) is 39.8 Å². The van der Waals surface area contributed by atoms with Crippen molar-refractivity contribution >= 4 is 0 Å². The third kappa shape index (κ3) is 2.31. The summed E-state index contributed by atoms with van der Waals surface area (Å²) in [4.78, 5) is 5.15. The largest absolute Gasteiger partial charge is 0.383 e. The lowest BCUT2D eigenvalue weighted by atomic mass is 9.83. The molecule has 2 saturated heterocycles. The minimum absolute atomic E-state index is 0.165. The van der Waals surface area contributed by atoms with Crippen LogP contribution < -0.4 is 5.73 Å². The Balaban J connectivity index is 2.14. The molecular formula is C14H29N3O. The van der Waals surface area contributed by atoms with Crippen molar-refractivity contribution in [2.75, 3.05) is 40.4 Å². The minimum atomic E-state index is 0.165. The van der Waals surface area contributed by atoms with Crippen LogP contribution in [0.2, 0.25) is 0 Å². The SMILES string of the molecule is COCC(C)N(C)C1(CN)CCN2CCCCC21. The molecule has 3 atom stereocenters. The minimum Gasteiger partial charge on any atom is -0.383 e. The van der Waals surface area contributed by atoms with Gasteiger partial charge in [0.15, 0.2) is 0 Å². The van der Waals surface area contributed by atoms with E-state index in [2.05, 4.69) is 23.8 Å². The molecule has 0 aliphatic carbocycles. The highest BCUT2D eigenvalue weighted by molar-refractivity contribution is 5.08. The van der Waals surface area contributed by atoms with Gasteiger partial charge in [-0.25, -0.2) is 0 Å². The van der Waals surface area contributed by atoms with E-state index in [1.807, 2.05) is 0 Å². The summed E-state index contributed by atoms with van der Waals surface area (Å²) in [6.45, 7) is 6.26. The van der Waals surface area contributed by atoms with E-state index in [-0.39, 0.29) is 5.54 Å². The fourth-order valence-electron chi connectivity index (χ4n) is 3.96. The first-order chi connectivity index (χ1) is 8.65. The molecule has 0 saturated carbocycles. The maximum Gasteiger partial charge on any atom is 0.0615 e. The molecule has 2 rings (SSSR count). The smallest absolute Gasteiger partial charge is 0.0615 e. The second-order valence-electron chi connectivity index (χ2n) is 6.02. The molecule has 4 heteroatoms. The molecule has 106 valence electrons. The van der Waals surface area contributed by atoms with Crippen LogP contribution in [0.4, 0.5) is 0 Å². The summed E-state index contributed by atoms with van der Waals surface area (Å²) in [5, 5.41) is 0. The summed E-state index contributed by atoms with van der Waals surface area (Å²) in [5.41, 5.74) is 6.37. The number of fused-ring (bicyclic) bond motifs is 1. The molecule has 0 radical (unpaired) electrons. The number of likely N-dealkylation sites (N-methyl/N-ethyl adjacent to an activating group) is 1. The van der Waals surface area contributed by atoms with Crippen molar-refractivity contribution in [3.63, 3.8) is 0 Å². The number of rotatable bonds is 5. The van der Waals surface area contributed by atoms with E-state index in [1.165, 1.54) is 38.8 Å². The first-order valence-electron chi connectivity index (χ1n) is 7.31. The summed E-state index contributed by atoms with van der Waals surface area (Å²) < 4.78 is 5.31. The maximum atomic E-state index is 6.20. The Kier molecular flexibility index (Phi) is 4.64. The van der Waals surface area contributed by atoms with E-state index in [0.29, 0.717) is 12.1 Å². The zero-order valence-corrected chi connectivity index (χ0v) is 12.2. The number of piperidine rings is 1. The molecule has 0 amide bonds. The van der Waals surface area contributed by atoms with E-state index in [4.69, 9.17) is 10.5 Å². The number of hydrogen-bond donors (Lipinski definition) is 1. The zero-order valence-electron chi connectivity index (χ0n) is 12.2. The molecule has 0 aromatic heterocycles. The van der Waals surface area contributed by atoms with Gasteiger partial charge in [0, 0.05) is 37.8 Å². The zero-order chi connectivity index (χ0) is 13.2. The molecule has 2 fully saturated rings.